The molecule has 0 bridgehead atoms. The lowest BCUT2D eigenvalue weighted by molar-refractivity contribution is 0.0629. The van der Waals surface area contributed by atoms with Crippen molar-refractivity contribution in [3.05, 3.63) is 68.4 Å². The van der Waals surface area contributed by atoms with Gasteiger partial charge in [-0.2, -0.15) is 0 Å². The van der Waals surface area contributed by atoms with Gasteiger partial charge in [-0.1, -0.05) is 29.8 Å². The molecule has 0 radical (unpaired) electrons. The second kappa shape index (κ2) is 8.67. The fraction of sp³-hybridized carbons (Fsp3) is 0.261. The van der Waals surface area contributed by atoms with Gasteiger partial charge in [-0.25, -0.2) is 9.97 Å². The van der Waals surface area contributed by atoms with E-state index in [9.17, 15) is 4.79 Å². The first kappa shape index (κ1) is 20.6. The van der Waals surface area contributed by atoms with Crippen molar-refractivity contribution in [1.82, 2.24) is 19.8 Å². The van der Waals surface area contributed by atoms with Gasteiger partial charge in [0.15, 0.2) is 0 Å². The van der Waals surface area contributed by atoms with Crippen LogP contribution in [0.1, 0.15) is 21.1 Å². The number of amides is 1. The van der Waals surface area contributed by atoms with E-state index in [-0.39, 0.29) is 5.91 Å². The van der Waals surface area contributed by atoms with E-state index in [2.05, 4.69) is 15.3 Å². The van der Waals surface area contributed by atoms with Gasteiger partial charge >= 0.3 is 0 Å². The van der Waals surface area contributed by atoms with Gasteiger partial charge in [0.1, 0.15) is 0 Å². The molecule has 3 aromatic heterocycles. The van der Waals surface area contributed by atoms with Crippen molar-refractivity contribution in [1.29, 1.82) is 0 Å². The second-order valence-corrected chi connectivity index (χ2v) is 10.4. The molecule has 0 aliphatic carbocycles. The van der Waals surface area contributed by atoms with Crippen molar-refractivity contribution in [2.45, 2.75) is 13.5 Å². The van der Waals surface area contributed by atoms with Crippen LogP contribution in [-0.4, -0.2) is 51.9 Å². The number of halogens is 1. The highest BCUT2D eigenvalue weighted by atomic mass is 35.5. The van der Waals surface area contributed by atoms with Crippen LogP contribution in [0.15, 0.2) is 47.8 Å². The van der Waals surface area contributed by atoms with Gasteiger partial charge in [0, 0.05) is 43.5 Å². The minimum atomic E-state index is 0.0617. The Bertz CT molecular complexity index is 1240. The summed E-state index contributed by atoms with van der Waals surface area (Å²) >= 11 is 9.29. The summed E-state index contributed by atoms with van der Waals surface area (Å²) in [6, 6.07) is 13.6. The normalized spacial score (nSPS) is 15.0. The molecule has 4 heterocycles. The summed E-state index contributed by atoms with van der Waals surface area (Å²) in [7, 11) is 0. The van der Waals surface area contributed by atoms with Crippen molar-refractivity contribution in [2.24, 2.45) is 0 Å². The third kappa shape index (κ3) is 4.36. The van der Waals surface area contributed by atoms with E-state index in [4.69, 9.17) is 16.6 Å². The van der Waals surface area contributed by atoms with Gasteiger partial charge in [0.2, 0.25) is 0 Å². The first-order chi connectivity index (χ1) is 15.1. The molecule has 0 unspecified atom stereocenters. The standard InChI is InChI=1S/C23H21ClN4OS2/c1-15-25-16(14-30-15)13-27-8-10-28(11-9-27)23(29)18-12-20(21-6-7-22(24)31-21)26-19-5-3-2-4-17(18)19/h2-7,12,14H,8-11,13H2,1H3. The molecule has 5 nitrogen and oxygen atoms in total. The summed E-state index contributed by atoms with van der Waals surface area (Å²) in [5.74, 6) is 0.0617. The summed E-state index contributed by atoms with van der Waals surface area (Å²) in [6.45, 7) is 5.98. The minimum absolute atomic E-state index is 0.0617. The molecule has 31 heavy (non-hydrogen) atoms. The summed E-state index contributed by atoms with van der Waals surface area (Å²) < 4.78 is 0.712. The van der Waals surface area contributed by atoms with Gasteiger partial charge in [-0.05, 0) is 31.2 Å². The fourth-order valence-electron chi connectivity index (χ4n) is 3.92. The van der Waals surface area contributed by atoms with Gasteiger partial charge in [0.25, 0.3) is 5.91 Å². The van der Waals surface area contributed by atoms with E-state index in [1.54, 1.807) is 11.3 Å². The quantitative estimate of drug-likeness (QED) is 0.405. The number of para-hydroxylation sites is 1. The molecule has 4 aromatic rings. The Kier molecular flexibility index (Phi) is 5.75. The SMILES string of the molecule is Cc1nc(CN2CCN(C(=O)c3cc(-c4ccc(Cl)s4)nc4ccccc34)CC2)cs1. The molecule has 1 aliphatic heterocycles. The van der Waals surface area contributed by atoms with E-state index in [1.807, 2.05) is 54.3 Å². The number of carbonyl (C=O) groups excluding carboxylic acids is 1. The molecule has 1 amide bonds. The molecule has 1 aromatic carbocycles. The third-order valence-electron chi connectivity index (χ3n) is 5.48. The van der Waals surface area contributed by atoms with Crippen LogP contribution in [0.5, 0.6) is 0 Å². The zero-order valence-corrected chi connectivity index (χ0v) is 19.4. The summed E-state index contributed by atoms with van der Waals surface area (Å²) in [5.41, 5.74) is 3.43. The van der Waals surface area contributed by atoms with Crippen LogP contribution in [0.2, 0.25) is 4.34 Å². The maximum Gasteiger partial charge on any atom is 0.254 e. The number of rotatable bonds is 4. The Morgan fingerprint density at radius 1 is 1.10 bits per heavy atom. The lowest BCUT2D eigenvalue weighted by Crippen LogP contribution is -2.48. The monoisotopic (exact) mass is 468 g/mol. The number of fused-ring (bicyclic) bond motifs is 1. The van der Waals surface area contributed by atoms with Gasteiger partial charge in [0.05, 0.1) is 36.7 Å². The molecular weight excluding hydrogens is 448 g/mol. The number of hydrogen-bond acceptors (Lipinski definition) is 6. The number of benzene rings is 1. The maximum absolute atomic E-state index is 13.5. The minimum Gasteiger partial charge on any atom is -0.336 e. The fourth-order valence-corrected chi connectivity index (χ4v) is 5.53. The molecular formula is C23H21ClN4OS2. The number of thiophene rings is 1. The van der Waals surface area contributed by atoms with Gasteiger partial charge < -0.3 is 4.90 Å². The Balaban J connectivity index is 1.38. The van der Waals surface area contributed by atoms with Crippen LogP contribution in [0, 0.1) is 6.92 Å². The Morgan fingerprint density at radius 2 is 1.90 bits per heavy atom. The average Bonchev–Trinajstić information content (AvgIpc) is 3.41. The molecule has 158 valence electrons. The molecule has 1 saturated heterocycles. The Labute approximate surface area is 193 Å². The molecule has 5 rings (SSSR count). The number of piperazine rings is 1. The molecule has 0 saturated carbocycles. The van der Waals surface area contributed by atoms with E-state index >= 15 is 0 Å². The van der Waals surface area contributed by atoms with Crippen molar-refractivity contribution in [3.8, 4) is 10.6 Å². The first-order valence-corrected chi connectivity index (χ1v) is 12.2. The highest BCUT2D eigenvalue weighted by Crippen LogP contribution is 2.32. The third-order valence-corrected chi connectivity index (χ3v) is 7.56. The van der Waals surface area contributed by atoms with Crippen LogP contribution in [0.25, 0.3) is 21.5 Å². The molecule has 0 atom stereocenters. The second-order valence-electron chi connectivity index (χ2n) is 7.60. The summed E-state index contributed by atoms with van der Waals surface area (Å²) in [5, 5.41) is 4.10. The number of carbonyl (C=O) groups is 1. The molecule has 0 N–H and O–H groups in total. The number of nitrogens with zero attached hydrogens (tertiary/aromatic N) is 4. The Morgan fingerprint density at radius 3 is 2.61 bits per heavy atom. The number of pyridine rings is 1. The van der Waals surface area contributed by atoms with Crippen molar-refractivity contribution in [2.75, 3.05) is 26.2 Å². The predicted octanol–water partition coefficient (Wildman–Crippen LogP) is 5.34. The van der Waals surface area contributed by atoms with Gasteiger partial charge in [-0.3, -0.25) is 9.69 Å². The summed E-state index contributed by atoms with van der Waals surface area (Å²) in [6.07, 6.45) is 0. The first-order valence-electron chi connectivity index (χ1n) is 10.1. The largest absolute Gasteiger partial charge is 0.336 e. The topological polar surface area (TPSA) is 49.3 Å². The van der Waals surface area contributed by atoms with Crippen molar-refractivity contribution < 1.29 is 4.79 Å². The smallest absolute Gasteiger partial charge is 0.254 e. The number of aryl methyl sites for hydroxylation is 1. The zero-order chi connectivity index (χ0) is 21.4. The lowest BCUT2D eigenvalue weighted by Gasteiger charge is -2.34. The van der Waals surface area contributed by atoms with E-state index in [0.717, 1.165) is 51.8 Å². The van der Waals surface area contributed by atoms with Crippen LogP contribution in [0.3, 0.4) is 0 Å². The van der Waals surface area contributed by atoms with E-state index < -0.39 is 0 Å². The van der Waals surface area contributed by atoms with Crippen molar-refractivity contribution in [3.63, 3.8) is 0 Å². The zero-order valence-electron chi connectivity index (χ0n) is 17.0. The number of thiazole rings is 1. The number of aromatic nitrogens is 2. The predicted molar refractivity (Wildman–Crippen MR) is 128 cm³/mol. The summed E-state index contributed by atoms with van der Waals surface area (Å²) in [4.78, 5) is 28.1. The molecule has 8 heteroatoms. The van der Waals surface area contributed by atoms with Crippen LogP contribution >= 0.6 is 34.3 Å². The van der Waals surface area contributed by atoms with E-state index in [0.29, 0.717) is 23.0 Å². The van der Waals surface area contributed by atoms with Crippen molar-refractivity contribution >= 4 is 51.1 Å². The average molecular weight is 469 g/mol. The van der Waals surface area contributed by atoms with Crippen LogP contribution in [-0.2, 0) is 6.54 Å². The highest BCUT2D eigenvalue weighted by Gasteiger charge is 2.25. The lowest BCUT2D eigenvalue weighted by atomic mass is 10.1. The van der Waals surface area contributed by atoms with Gasteiger partial charge in [-0.15, -0.1) is 22.7 Å². The Hall–Kier alpha value is -2.32. The van der Waals surface area contributed by atoms with E-state index in [1.165, 1.54) is 11.3 Å². The van der Waals surface area contributed by atoms with Crippen LogP contribution < -0.4 is 0 Å². The molecule has 0 spiro atoms. The maximum atomic E-state index is 13.5. The molecule has 1 fully saturated rings. The molecule has 1 aliphatic rings. The highest BCUT2D eigenvalue weighted by molar-refractivity contribution is 7.19. The van der Waals surface area contributed by atoms with Crippen LogP contribution in [0.4, 0.5) is 0 Å². The number of hydrogen-bond donors (Lipinski definition) is 0.